The second-order valence-electron chi connectivity index (χ2n) is 6.08. The maximum absolute atomic E-state index is 10.9. The molecule has 8 nitrogen and oxygen atoms in total. The van der Waals surface area contributed by atoms with Crippen LogP contribution in [0, 0.1) is 10.1 Å². The van der Waals surface area contributed by atoms with Gasteiger partial charge in [-0.3, -0.25) is 10.1 Å². The van der Waals surface area contributed by atoms with Gasteiger partial charge in [0, 0.05) is 29.8 Å². The summed E-state index contributed by atoms with van der Waals surface area (Å²) in [7, 11) is 3.20. The van der Waals surface area contributed by atoms with Gasteiger partial charge in [0.2, 0.25) is 0 Å². The molecular formula is C19H18N4O4. The molecular weight excluding hydrogens is 348 g/mol. The molecule has 0 radical (unpaired) electrons. The standard InChI is InChI=1S/C19H18N4O4/c1-26-16-5-3-4-14(18(16)27-2)17-15-10-11-20-19(15)22(21-17)12-6-8-13(9-7-12)23(24)25/h3-9,20H,10-11H2,1-2H3. The maximum atomic E-state index is 10.9. The number of hydrogen-bond acceptors (Lipinski definition) is 6. The lowest BCUT2D eigenvalue weighted by Crippen LogP contribution is -2.04. The number of methoxy groups -OCH3 is 2. The molecule has 0 fully saturated rings. The molecule has 3 aromatic rings. The number of benzene rings is 2. The van der Waals surface area contributed by atoms with E-state index in [9.17, 15) is 10.1 Å². The molecule has 2 heterocycles. The third-order valence-corrected chi connectivity index (χ3v) is 4.61. The maximum Gasteiger partial charge on any atom is 0.269 e. The zero-order valence-electron chi connectivity index (χ0n) is 14.9. The summed E-state index contributed by atoms with van der Waals surface area (Å²) >= 11 is 0. The van der Waals surface area contributed by atoms with E-state index in [-0.39, 0.29) is 5.69 Å². The lowest BCUT2D eigenvalue weighted by atomic mass is 10.1. The molecule has 27 heavy (non-hydrogen) atoms. The summed E-state index contributed by atoms with van der Waals surface area (Å²) in [5, 5.41) is 19.0. The van der Waals surface area contributed by atoms with E-state index in [1.54, 1.807) is 31.0 Å². The average Bonchev–Trinajstić information content (AvgIpc) is 3.30. The summed E-state index contributed by atoms with van der Waals surface area (Å²) in [4.78, 5) is 10.5. The van der Waals surface area contributed by atoms with Gasteiger partial charge in [-0.05, 0) is 30.7 Å². The highest BCUT2D eigenvalue weighted by Crippen LogP contribution is 2.42. The molecule has 1 N–H and O–H groups in total. The second-order valence-corrected chi connectivity index (χ2v) is 6.08. The highest BCUT2D eigenvalue weighted by molar-refractivity contribution is 5.78. The normalized spacial score (nSPS) is 12.4. The van der Waals surface area contributed by atoms with Crippen LogP contribution in [0.15, 0.2) is 42.5 Å². The quantitative estimate of drug-likeness (QED) is 0.549. The Hall–Kier alpha value is -3.55. The number of nitrogens with one attached hydrogen (secondary N) is 1. The number of nitrogens with zero attached hydrogens (tertiary/aromatic N) is 3. The number of nitro benzene ring substituents is 1. The first-order valence-electron chi connectivity index (χ1n) is 8.46. The van der Waals surface area contributed by atoms with Crippen molar-refractivity contribution in [1.29, 1.82) is 0 Å². The number of ether oxygens (including phenoxy) is 2. The molecule has 0 atom stereocenters. The Morgan fingerprint density at radius 3 is 2.59 bits per heavy atom. The monoisotopic (exact) mass is 366 g/mol. The predicted molar refractivity (Wildman–Crippen MR) is 101 cm³/mol. The summed E-state index contributed by atoms with van der Waals surface area (Å²) in [5.74, 6) is 2.16. The van der Waals surface area contributed by atoms with Gasteiger partial charge in [0.1, 0.15) is 11.5 Å². The SMILES string of the molecule is COc1cccc(-c2nn(-c3ccc([N+](=O)[O-])cc3)c3c2CCN3)c1OC. The van der Waals surface area contributed by atoms with E-state index in [1.165, 1.54) is 12.1 Å². The fraction of sp³-hybridized carbons (Fsp3) is 0.211. The number of hydrogen-bond donors (Lipinski definition) is 1. The lowest BCUT2D eigenvalue weighted by molar-refractivity contribution is -0.384. The van der Waals surface area contributed by atoms with Crippen LogP contribution >= 0.6 is 0 Å². The van der Waals surface area contributed by atoms with Gasteiger partial charge in [0.15, 0.2) is 11.5 Å². The summed E-state index contributed by atoms with van der Waals surface area (Å²) in [6.07, 6.45) is 0.831. The van der Waals surface area contributed by atoms with E-state index in [2.05, 4.69) is 5.32 Å². The van der Waals surface area contributed by atoms with Gasteiger partial charge >= 0.3 is 0 Å². The molecule has 0 unspecified atom stereocenters. The first-order valence-corrected chi connectivity index (χ1v) is 8.46. The van der Waals surface area contributed by atoms with Crippen molar-refractivity contribution >= 4 is 11.5 Å². The minimum atomic E-state index is -0.415. The van der Waals surface area contributed by atoms with Crippen LogP contribution in [0.25, 0.3) is 16.9 Å². The molecule has 1 aliphatic rings. The molecule has 0 spiro atoms. The van der Waals surface area contributed by atoms with Gasteiger partial charge < -0.3 is 14.8 Å². The van der Waals surface area contributed by atoms with Gasteiger partial charge in [-0.15, -0.1) is 0 Å². The minimum Gasteiger partial charge on any atom is -0.493 e. The molecule has 0 amide bonds. The molecule has 4 rings (SSSR count). The van der Waals surface area contributed by atoms with Crippen molar-refractivity contribution in [2.75, 3.05) is 26.1 Å². The summed E-state index contributed by atoms with van der Waals surface area (Å²) in [6, 6.07) is 12.0. The van der Waals surface area contributed by atoms with Crippen molar-refractivity contribution < 1.29 is 14.4 Å². The molecule has 0 bridgehead atoms. The molecule has 0 aliphatic carbocycles. The van der Waals surface area contributed by atoms with E-state index < -0.39 is 4.92 Å². The zero-order chi connectivity index (χ0) is 19.0. The van der Waals surface area contributed by atoms with Crippen LogP contribution in [-0.2, 0) is 6.42 Å². The predicted octanol–water partition coefficient (Wildman–Crippen LogP) is 3.43. The van der Waals surface area contributed by atoms with Crippen molar-refractivity contribution in [2.45, 2.75) is 6.42 Å². The molecule has 2 aromatic carbocycles. The number of aromatic nitrogens is 2. The van der Waals surface area contributed by atoms with E-state index in [0.29, 0.717) is 11.5 Å². The Balaban J connectivity index is 1.86. The van der Waals surface area contributed by atoms with Crippen LogP contribution < -0.4 is 14.8 Å². The summed E-state index contributed by atoms with van der Waals surface area (Å²) in [5.41, 5.74) is 3.53. The van der Waals surface area contributed by atoms with Gasteiger partial charge in [-0.1, -0.05) is 6.07 Å². The van der Waals surface area contributed by atoms with Crippen LogP contribution in [0.3, 0.4) is 0 Å². The van der Waals surface area contributed by atoms with E-state index in [1.807, 2.05) is 18.2 Å². The van der Waals surface area contributed by atoms with Crippen LogP contribution in [0.4, 0.5) is 11.5 Å². The number of para-hydroxylation sites is 1. The minimum absolute atomic E-state index is 0.0465. The highest BCUT2D eigenvalue weighted by atomic mass is 16.6. The van der Waals surface area contributed by atoms with E-state index >= 15 is 0 Å². The largest absolute Gasteiger partial charge is 0.493 e. The van der Waals surface area contributed by atoms with Crippen molar-refractivity contribution in [1.82, 2.24) is 9.78 Å². The first-order chi connectivity index (χ1) is 13.1. The molecule has 1 aromatic heterocycles. The van der Waals surface area contributed by atoms with Crippen LogP contribution in [0.1, 0.15) is 5.56 Å². The third kappa shape index (κ3) is 2.75. The van der Waals surface area contributed by atoms with Crippen molar-refractivity contribution in [2.24, 2.45) is 0 Å². The Bertz CT molecular complexity index is 1010. The van der Waals surface area contributed by atoms with Gasteiger partial charge in [-0.25, -0.2) is 4.68 Å². The first kappa shape index (κ1) is 16.9. The van der Waals surface area contributed by atoms with E-state index in [4.69, 9.17) is 14.6 Å². The molecule has 138 valence electrons. The third-order valence-electron chi connectivity index (χ3n) is 4.61. The zero-order valence-corrected chi connectivity index (χ0v) is 14.9. The highest BCUT2D eigenvalue weighted by Gasteiger charge is 2.26. The van der Waals surface area contributed by atoms with Crippen molar-refractivity contribution in [3.8, 4) is 28.4 Å². The number of rotatable bonds is 5. The molecule has 8 heteroatoms. The molecule has 0 saturated heterocycles. The topological polar surface area (TPSA) is 91.5 Å². The smallest absolute Gasteiger partial charge is 0.269 e. The van der Waals surface area contributed by atoms with Crippen LogP contribution in [0.5, 0.6) is 11.5 Å². The summed E-state index contributed by atoms with van der Waals surface area (Å²) in [6.45, 7) is 0.805. The number of anilines is 1. The molecule has 0 saturated carbocycles. The van der Waals surface area contributed by atoms with E-state index in [0.717, 1.165) is 41.3 Å². The van der Waals surface area contributed by atoms with Gasteiger partial charge in [0.25, 0.3) is 5.69 Å². The Morgan fingerprint density at radius 2 is 1.93 bits per heavy atom. The fourth-order valence-corrected chi connectivity index (χ4v) is 3.37. The van der Waals surface area contributed by atoms with Crippen LogP contribution in [-0.4, -0.2) is 35.5 Å². The lowest BCUT2D eigenvalue weighted by Gasteiger charge is -2.11. The van der Waals surface area contributed by atoms with Crippen molar-refractivity contribution in [3.05, 3.63) is 58.1 Å². The average molecular weight is 366 g/mol. The van der Waals surface area contributed by atoms with Gasteiger partial charge in [-0.2, -0.15) is 5.10 Å². The number of non-ortho nitro benzene ring substituents is 1. The molecule has 1 aliphatic heterocycles. The van der Waals surface area contributed by atoms with Crippen molar-refractivity contribution in [3.63, 3.8) is 0 Å². The fourth-order valence-electron chi connectivity index (χ4n) is 3.37. The summed E-state index contributed by atoms with van der Waals surface area (Å²) < 4.78 is 12.8. The Kier molecular flexibility index (Phi) is 4.15. The number of nitro groups is 1. The second kappa shape index (κ2) is 6.64. The Labute approximate surface area is 155 Å². The number of fused-ring (bicyclic) bond motifs is 1. The Morgan fingerprint density at radius 1 is 1.15 bits per heavy atom. The van der Waals surface area contributed by atoms with Crippen LogP contribution in [0.2, 0.25) is 0 Å². The van der Waals surface area contributed by atoms with Gasteiger partial charge in [0.05, 0.1) is 24.8 Å².